The number of allylic oxidation sites excluding steroid dienone is 1. The van der Waals surface area contributed by atoms with Crippen LogP contribution in [0, 0.1) is 22.7 Å². The van der Waals surface area contributed by atoms with Crippen molar-refractivity contribution in [1.29, 1.82) is 10.5 Å². The van der Waals surface area contributed by atoms with Gasteiger partial charge >= 0.3 is 0 Å². The minimum Gasteiger partial charge on any atom is -0.192 e. The second kappa shape index (κ2) is 3.13. The van der Waals surface area contributed by atoms with Crippen LogP contribution in [-0.2, 0) is 0 Å². The van der Waals surface area contributed by atoms with Gasteiger partial charge < -0.3 is 0 Å². The number of hydrogen-bond acceptors (Lipinski definition) is 2. The van der Waals surface area contributed by atoms with E-state index in [4.69, 9.17) is 22.1 Å². The second-order valence-corrected chi connectivity index (χ2v) is 1.70. The molecule has 4 heteroatoms. The Bertz CT molecular complexity index is 175. The van der Waals surface area contributed by atoms with Gasteiger partial charge in [-0.3, -0.25) is 0 Å². The first-order valence-electron chi connectivity index (χ1n) is 1.89. The third-order valence-corrected chi connectivity index (χ3v) is 0.757. The summed E-state index contributed by atoms with van der Waals surface area (Å²) in [5.41, 5.74) is -0.0216. The van der Waals surface area contributed by atoms with Gasteiger partial charge in [0.25, 0.3) is 0 Å². The summed E-state index contributed by atoms with van der Waals surface area (Å²) >= 11 is 5.28. The van der Waals surface area contributed by atoms with Gasteiger partial charge in [-0.05, 0) is 0 Å². The molecule has 0 aliphatic rings. The van der Waals surface area contributed by atoms with Crippen LogP contribution in [-0.4, -0.2) is 7.85 Å². The average molecular weight is 124 g/mol. The zero-order chi connectivity index (χ0) is 6.57. The van der Waals surface area contributed by atoms with Crippen LogP contribution in [0.1, 0.15) is 0 Å². The predicted molar refractivity (Wildman–Crippen MR) is 32.6 cm³/mol. The Balaban J connectivity index is 4.47. The molecule has 0 radical (unpaired) electrons. The fraction of sp³-hybridized carbons (Fsp3) is 0. The third kappa shape index (κ3) is 1.68. The van der Waals surface area contributed by atoms with Crippen molar-refractivity contribution in [1.82, 2.24) is 0 Å². The molecule has 0 fully saturated rings. The highest BCUT2D eigenvalue weighted by molar-refractivity contribution is 6.53. The Kier molecular flexibility index (Phi) is 2.76. The SMILES string of the molecule is BC(Cl)=C(C#N)C#N. The Hall–Kier alpha value is -0.925. The molecule has 0 aromatic rings. The summed E-state index contributed by atoms with van der Waals surface area (Å²) in [5, 5.41) is 16.2. The molecule has 0 unspecified atom stereocenters. The van der Waals surface area contributed by atoms with Crippen LogP contribution < -0.4 is 0 Å². The molecule has 0 saturated heterocycles. The Morgan fingerprint density at radius 2 is 1.75 bits per heavy atom. The molecule has 0 rings (SSSR count). The van der Waals surface area contributed by atoms with Gasteiger partial charge in [-0.25, -0.2) is 0 Å². The van der Waals surface area contributed by atoms with Gasteiger partial charge in [-0.2, -0.15) is 10.5 Å². The zero-order valence-corrected chi connectivity index (χ0v) is 5.03. The lowest BCUT2D eigenvalue weighted by Crippen LogP contribution is -1.76. The van der Waals surface area contributed by atoms with Gasteiger partial charge in [0.1, 0.15) is 17.7 Å². The van der Waals surface area contributed by atoms with E-state index < -0.39 is 0 Å². The Morgan fingerprint density at radius 1 is 1.38 bits per heavy atom. The van der Waals surface area contributed by atoms with Crippen molar-refractivity contribution >= 4 is 19.4 Å². The van der Waals surface area contributed by atoms with Gasteiger partial charge in [-0.15, -0.1) is 0 Å². The highest BCUT2D eigenvalue weighted by Crippen LogP contribution is 2.00. The van der Waals surface area contributed by atoms with E-state index in [0.29, 0.717) is 0 Å². The summed E-state index contributed by atoms with van der Waals surface area (Å²) < 4.78 is 0. The summed E-state index contributed by atoms with van der Waals surface area (Å²) in [6.07, 6.45) is 0. The second-order valence-electron chi connectivity index (χ2n) is 1.13. The molecular weight excluding hydrogens is 122 g/mol. The maximum absolute atomic E-state index is 8.08. The van der Waals surface area contributed by atoms with Crippen molar-refractivity contribution in [3.63, 3.8) is 0 Å². The Morgan fingerprint density at radius 3 is 1.75 bits per heavy atom. The van der Waals surface area contributed by atoms with E-state index in [1.807, 2.05) is 0 Å². The van der Waals surface area contributed by atoms with Crippen molar-refractivity contribution in [3.8, 4) is 12.1 Å². The van der Waals surface area contributed by atoms with Crippen molar-refractivity contribution in [3.05, 3.63) is 10.5 Å². The first-order chi connectivity index (χ1) is 3.72. The standard InChI is InChI=1S/C4H2BClN2/c5-4(6)3(1-7)2-8/h5H2. The smallest absolute Gasteiger partial charge is 0.157 e. The summed E-state index contributed by atoms with van der Waals surface area (Å²) in [7, 11) is 1.50. The molecule has 0 aromatic carbocycles. The third-order valence-electron chi connectivity index (χ3n) is 0.568. The van der Waals surface area contributed by atoms with E-state index in [1.54, 1.807) is 12.1 Å². The number of halogens is 1. The van der Waals surface area contributed by atoms with E-state index in [-0.39, 0.29) is 10.5 Å². The van der Waals surface area contributed by atoms with Crippen LogP contribution in [0.5, 0.6) is 0 Å². The van der Waals surface area contributed by atoms with Gasteiger partial charge in [0.2, 0.25) is 0 Å². The number of nitriles is 2. The summed E-state index contributed by atoms with van der Waals surface area (Å²) in [6, 6.07) is 3.28. The minimum atomic E-state index is -0.0216. The fourth-order valence-corrected chi connectivity index (χ4v) is 0.264. The number of nitrogens with zero attached hydrogens (tertiary/aromatic N) is 2. The largest absolute Gasteiger partial charge is 0.192 e. The minimum absolute atomic E-state index is 0.0216. The van der Waals surface area contributed by atoms with Crippen LogP contribution in [0.25, 0.3) is 0 Å². The van der Waals surface area contributed by atoms with Gasteiger partial charge in [0.15, 0.2) is 7.85 Å². The van der Waals surface area contributed by atoms with E-state index in [1.165, 1.54) is 7.85 Å². The van der Waals surface area contributed by atoms with Gasteiger partial charge in [0.05, 0.1) is 0 Å². The molecule has 8 heavy (non-hydrogen) atoms. The molecule has 0 aromatic heterocycles. The molecule has 0 atom stereocenters. The van der Waals surface area contributed by atoms with Crippen LogP contribution >= 0.6 is 11.6 Å². The quantitative estimate of drug-likeness (QED) is 0.340. The fourth-order valence-electron chi connectivity index (χ4n) is 0.179. The highest BCUT2D eigenvalue weighted by Gasteiger charge is 1.93. The lowest BCUT2D eigenvalue weighted by molar-refractivity contribution is 1.46. The maximum atomic E-state index is 8.08. The van der Waals surface area contributed by atoms with Crippen molar-refractivity contribution < 1.29 is 0 Å². The number of rotatable bonds is 0. The molecule has 0 spiro atoms. The molecule has 0 aliphatic heterocycles. The van der Waals surface area contributed by atoms with Gasteiger partial charge in [0, 0.05) is 4.93 Å². The molecular formula is C4H2BClN2. The van der Waals surface area contributed by atoms with Crippen LogP contribution in [0.3, 0.4) is 0 Å². The van der Waals surface area contributed by atoms with Crippen molar-refractivity contribution in [2.24, 2.45) is 0 Å². The lowest BCUT2D eigenvalue weighted by Gasteiger charge is -1.78. The molecule has 2 nitrogen and oxygen atoms in total. The van der Waals surface area contributed by atoms with E-state index >= 15 is 0 Å². The monoisotopic (exact) mass is 124 g/mol. The van der Waals surface area contributed by atoms with Crippen LogP contribution in [0.4, 0.5) is 0 Å². The highest BCUT2D eigenvalue weighted by atomic mass is 35.5. The van der Waals surface area contributed by atoms with E-state index in [2.05, 4.69) is 0 Å². The average Bonchev–Trinajstić information content (AvgIpc) is 1.69. The van der Waals surface area contributed by atoms with E-state index in [9.17, 15) is 0 Å². The lowest BCUT2D eigenvalue weighted by atomic mass is 10.1. The molecule has 0 bridgehead atoms. The zero-order valence-electron chi connectivity index (χ0n) is 4.27. The Labute approximate surface area is 53.4 Å². The first-order valence-corrected chi connectivity index (χ1v) is 2.26. The molecule has 0 N–H and O–H groups in total. The predicted octanol–water partition coefficient (Wildman–Crippen LogP) is 0.117. The first kappa shape index (κ1) is 7.07. The molecule has 0 aliphatic carbocycles. The molecule has 0 heterocycles. The van der Waals surface area contributed by atoms with E-state index in [0.717, 1.165) is 0 Å². The normalized spacial score (nSPS) is 6.38. The van der Waals surface area contributed by atoms with Gasteiger partial charge in [-0.1, -0.05) is 11.6 Å². The molecule has 0 amide bonds. The summed E-state index contributed by atoms with van der Waals surface area (Å²) in [5.74, 6) is 0. The topological polar surface area (TPSA) is 47.6 Å². The molecule has 0 saturated carbocycles. The maximum Gasteiger partial charge on any atom is 0.157 e. The van der Waals surface area contributed by atoms with Crippen LogP contribution in [0.15, 0.2) is 10.5 Å². The molecule has 38 valence electrons. The summed E-state index contributed by atoms with van der Waals surface area (Å²) in [4.78, 5) is 0.245. The van der Waals surface area contributed by atoms with Crippen molar-refractivity contribution in [2.75, 3.05) is 0 Å². The number of hydrogen-bond donors (Lipinski definition) is 0. The van der Waals surface area contributed by atoms with Crippen LogP contribution in [0.2, 0.25) is 0 Å². The summed E-state index contributed by atoms with van der Waals surface area (Å²) in [6.45, 7) is 0. The van der Waals surface area contributed by atoms with Crippen molar-refractivity contribution in [2.45, 2.75) is 0 Å².